The van der Waals surface area contributed by atoms with Crippen molar-refractivity contribution in [2.75, 3.05) is 11.9 Å². The maximum absolute atomic E-state index is 12.2. The Kier molecular flexibility index (Phi) is 4.37. The predicted octanol–water partition coefficient (Wildman–Crippen LogP) is 2.05. The van der Waals surface area contributed by atoms with E-state index < -0.39 is 0 Å². The van der Waals surface area contributed by atoms with Crippen molar-refractivity contribution < 1.29 is 10.0 Å². The highest BCUT2D eigenvalue weighted by atomic mass is 32.1. The van der Waals surface area contributed by atoms with Crippen molar-refractivity contribution in [2.24, 2.45) is 10.9 Å². The first-order chi connectivity index (χ1) is 9.61. The molecule has 1 amide bonds. The van der Waals surface area contributed by atoms with Crippen LogP contribution in [0.25, 0.3) is 0 Å². The van der Waals surface area contributed by atoms with Crippen molar-refractivity contribution in [3.63, 3.8) is 0 Å². The lowest BCUT2D eigenvalue weighted by atomic mass is 10.1. The Labute approximate surface area is 120 Å². The molecular weight excluding hydrogens is 274 g/mol. The molecule has 5 nitrogen and oxygen atoms in total. The van der Waals surface area contributed by atoms with Crippen LogP contribution in [0.2, 0.25) is 0 Å². The van der Waals surface area contributed by atoms with Gasteiger partial charge in [0.05, 0.1) is 6.42 Å². The summed E-state index contributed by atoms with van der Waals surface area (Å²) in [7, 11) is 1.71. The second kappa shape index (κ2) is 6.21. The molecule has 0 unspecified atom stereocenters. The van der Waals surface area contributed by atoms with E-state index >= 15 is 0 Å². The van der Waals surface area contributed by atoms with Gasteiger partial charge in [0.25, 0.3) is 0 Å². The van der Waals surface area contributed by atoms with Gasteiger partial charge in [0, 0.05) is 18.3 Å². The van der Waals surface area contributed by atoms with Crippen molar-refractivity contribution >= 4 is 28.8 Å². The van der Waals surface area contributed by atoms with Gasteiger partial charge in [0.1, 0.15) is 0 Å². The number of thiophene rings is 1. The number of nitrogens with two attached hydrogens (primary N) is 1. The number of oxime groups is 1. The smallest absolute Gasteiger partial charge is 0.231 e. The molecule has 1 aromatic heterocycles. The van der Waals surface area contributed by atoms with Crippen LogP contribution in [0.1, 0.15) is 11.1 Å². The van der Waals surface area contributed by atoms with Crippen LogP contribution in [0, 0.1) is 0 Å². The molecule has 1 heterocycles. The van der Waals surface area contributed by atoms with Gasteiger partial charge >= 0.3 is 0 Å². The number of likely N-dealkylation sites (N-methyl/N-ethyl adjacent to an activating group) is 1. The second-order valence-electron chi connectivity index (χ2n) is 4.30. The maximum atomic E-state index is 12.2. The van der Waals surface area contributed by atoms with Crippen LogP contribution >= 0.6 is 11.3 Å². The minimum atomic E-state index is -0.0138. The zero-order chi connectivity index (χ0) is 14.5. The molecule has 2 aromatic rings. The molecule has 0 aliphatic rings. The normalized spacial score (nSPS) is 11.3. The van der Waals surface area contributed by atoms with Gasteiger partial charge in [-0.25, -0.2) is 0 Å². The molecule has 0 radical (unpaired) electrons. The van der Waals surface area contributed by atoms with E-state index in [1.807, 2.05) is 16.8 Å². The third-order valence-corrected chi connectivity index (χ3v) is 3.68. The largest absolute Gasteiger partial charge is 0.409 e. The summed E-state index contributed by atoms with van der Waals surface area (Å²) in [4.78, 5) is 13.7. The van der Waals surface area contributed by atoms with Crippen LogP contribution in [-0.2, 0) is 11.2 Å². The fourth-order valence-electron chi connectivity index (χ4n) is 1.76. The summed E-state index contributed by atoms with van der Waals surface area (Å²) in [6, 6.07) is 8.93. The van der Waals surface area contributed by atoms with Crippen LogP contribution in [-0.4, -0.2) is 24.0 Å². The molecule has 0 aliphatic carbocycles. The second-order valence-corrected chi connectivity index (χ2v) is 5.08. The Morgan fingerprint density at radius 1 is 1.45 bits per heavy atom. The quantitative estimate of drug-likeness (QED) is 0.391. The summed E-state index contributed by atoms with van der Waals surface area (Å²) >= 11 is 1.57. The van der Waals surface area contributed by atoms with Gasteiger partial charge < -0.3 is 15.8 Å². The number of hydrogen-bond acceptors (Lipinski definition) is 4. The van der Waals surface area contributed by atoms with E-state index in [0.717, 1.165) is 5.56 Å². The summed E-state index contributed by atoms with van der Waals surface area (Å²) in [5.41, 5.74) is 7.82. The first-order valence-corrected chi connectivity index (χ1v) is 6.91. The molecular formula is C14H15N3O2S. The molecule has 0 saturated heterocycles. The van der Waals surface area contributed by atoms with Crippen LogP contribution in [0.15, 0.2) is 46.2 Å². The number of hydrogen-bond donors (Lipinski definition) is 2. The number of amides is 1. The number of anilines is 1. The summed E-state index contributed by atoms with van der Waals surface area (Å²) < 4.78 is 0. The first-order valence-electron chi connectivity index (χ1n) is 5.97. The summed E-state index contributed by atoms with van der Waals surface area (Å²) in [6.07, 6.45) is 0.355. The topological polar surface area (TPSA) is 78.9 Å². The monoisotopic (exact) mass is 289 g/mol. The number of amidine groups is 1. The Hall–Kier alpha value is -2.34. The van der Waals surface area contributed by atoms with Gasteiger partial charge in [-0.05, 0) is 34.5 Å². The highest BCUT2D eigenvalue weighted by molar-refractivity contribution is 7.08. The number of benzene rings is 1. The van der Waals surface area contributed by atoms with Gasteiger partial charge in [0.2, 0.25) is 5.91 Å². The van der Waals surface area contributed by atoms with Crippen LogP contribution < -0.4 is 10.6 Å². The van der Waals surface area contributed by atoms with E-state index in [2.05, 4.69) is 5.16 Å². The predicted molar refractivity (Wildman–Crippen MR) is 80.4 cm³/mol. The number of carbonyl (C=O) groups is 1. The average Bonchev–Trinajstić information content (AvgIpc) is 2.98. The van der Waals surface area contributed by atoms with Gasteiger partial charge in [-0.1, -0.05) is 17.3 Å². The molecule has 0 aliphatic heterocycles. The minimum absolute atomic E-state index is 0.0138. The summed E-state index contributed by atoms with van der Waals surface area (Å²) in [5.74, 6) is 0.00518. The first kappa shape index (κ1) is 14.1. The lowest BCUT2D eigenvalue weighted by molar-refractivity contribution is -0.117. The number of carbonyl (C=O) groups excluding carboxylic acids is 1. The lowest BCUT2D eigenvalue weighted by Gasteiger charge is -2.17. The van der Waals surface area contributed by atoms with E-state index in [1.54, 1.807) is 47.5 Å². The Bertz CT molecular complexity index is 623. The molecule has 104 valence electrons. The van der Waals surface area contributed by atoms with Gasteiger partial charge in [-0.15, -0.1) is 0 Å². The molecule has 20 heavy (non-hydrogen) atoms. The fraction of sp³-hybridized carbons (Fsp3) is 0.143. The molecule has 0 fully saturated rings. The maximum Gasteiger partial charge on any atom is 0.231 e. The summed E-state index contributed by atoms with van der Waals surface area (Å²) in [6.45, 7) is 0. The third-order valence-electron chi connectivity index (χ3n) is 2.95. The van der Waals surface area contributed by atoms with Crippen LogP contribution in [0.3, 0.4) is 0 Å². The third kappa shape index (κ3) is 3.16. The molecule has 2 rings (SSSR count). The van der Waals surface area contributed by atoms with Crippen molar-refractivity contribution in [2.45, 2.75) is 6.42 Å². The number of rotatable bonds is 4. The molecule has 3 N–H and O–H groups in total. The van der Waals surface area contributed by atoms with E-state index in [4.69, 9.17) is 10.9 Å². The van der Waals surface area contributed by atoms with Gasteiger partial charge in [-0.3, -0.25) is 4.79 Å². The van der Waals surface area contributed by atoms with E-state index in [1.165, 1.54) is 0 Å². The lowest BCUT2D eigenvalue weighted by Crippen LogP contribution is -2.28. The average molecular weight is 289 g/mol. The van der Waals surface area contributed by atoms with Gasteiger partial charge in [0.15, 0.2) is 5.84 Å². The standard InChI is InChI=1S/C14H15N3O2S/c1-17(13(18)7-10-5-6-20-9-10)12-4-2-3-11(8-12)14(15)16-19/h2-6,8-9,19H,7H2,1H3,(H2,15,16). The van der Waals surface area contributed by atoms with Crippen molar-refractivity contribution in [3.05, 3.63) is 52.2 Å². The highest BCUT2D eigenvalue weighted by Gasteiger charge is 2.13. The molecule has 0 saturated carbocycles. The Balaban J connectivity index is 2.16. The fourth-order valence-corrected chi connectivity index (χ4v) is 2.43. The summed E-state index contributed by atoms with van der Waals surface area (Å²) in [5, 5.41) is 15.5. The molecule has 1 aromatic carbocycles. The SMILES string of the molecule is CN(C(=O)Cc1ccsc1)c1cccc(C(N)=NO)c1. The molecule has 0 spiro atoms. The van der Waals surface area contributed by atoms with Gasteiger partial charge in [-0.2, -0.15) is 11.3 Å². The molecule has 6 heteroatoms. The Morgan fingerprint density at radius 2 is 2.25 bits per heavy atom. The highest BCUT2D eigenvalue weighted by Crippen LogP contribution is 2.17. The minimum Gasteiger partial charge on any atom is -0.409 e. The van der Waals surface area contributed by atoms with E-state index in [0.29, 0.717) is 17.7 Å². The van der Waals surface area contributed by atoms with Crippen LogP contribution in [0.5, 0.6) is 0 Å². The van der Waals surface area contributed by atoms with Crippen molar-refractivity contribution in [1.82, 2.24) is 0 Å². The molecule has 0 atom stereocenters. The zero-order valence-corrected chi connectivity index (χ0v) is 11.8. The Morgan fingerprint density at radius 3 is 2.90 bits per heavy atom. The van der Waals surface area contributed by atoms with E-state index in [9.17, 15) is 4.79 Å². The zero-order valence-electron chi connectivity index (χ0n) is 11.0. The van der Waals surface area contributed by atoms with Crippen molar-refractivity contribution in [1.29, 1.82) is 0 Å². The van der Waals surface area contributed by atoms with Crippen LogP contribution in [0.4, 0.5) is 5.69 Å². The molecule has 0 bridgehead atoms. The van der Waals surface area contributed by atoms with E-state index in [-0.39, 0.29) is 11.7 Å². The number of nitrogens with zero attached hydrogens (tertiary/aromatic N) is 2. The van der Waals surface area contributed by atoms with Crippen molar-refractivity contribution in [3.8, 4) is 0 Å².